The molecular formula is C18H18F3N3O3S. The Hall–Kier alpha value is -2.93. The summed E-state index contributed by atoms with van der Waals surface area (Å²) in [4.78, 5) is -0.587. The van der Waals surface area contributed by atoms with E-state index in [9.17, 15) is 21.6 Å². The number of halogens is 3. The first-order valence-electron chi connectivity index (χ1n) is 8.03. The van der Waals surface area contributed by atoms with Gasteiger partial charge in [-0.2, -0.15) is 18.4 Å². The molecule has 0 saturated heterocycles. The second-order valence-corrected chi connectivity index (χ2v) is 7.77. The molecule has 0 fully saturated rings. The molecule has 0 radical (unpaired) electrons. The minimum Gasteiger partial charge on any atom is -0.495 e. The highest BCUT2D eigenvalue weighted by Crippen LogP contribution is 2.37. The van der Waals surface area contributed by atoms with Gasteiger partial charge in [0.05, 0.1) is 35.7 Å². The van der Waals surface area contributed by atoms with E-state index >= 15 is 0 Å². The van der Waals surface area contributed by atoms with Gasteiger partial charge in [-0.1, -0.05) is 6.07 Å². The van der Waals surface area contributed by atoms with Gasteiger partial charge in [-0.15, -0.1) is 0 Å². The van der Waals surface area contributed by atoms with Crippen molar-refractivity contribution >= 4 is 21.4 Å². The van der Waals surface area contributed by atoms with E-state index in [0.29, 0.717) is 11.6 Å². The van der Waals surface area contributed by atoms with Crippen molar-refractivity contribution < 1.29 is 26.3 Å². The summed E-state index contributed by atoms with van der Waals surface area (Å²) in [7, 11) is -3.09. The summed E-state index contributed by atoms with van der Waals surface area (Å²) in [6.07, 6.45) is -4.98. The van der Waals surface area contributed by atoms with Crippen LogP contribution in [0.1, 0.15) is 17.5 Å². The zero-order chi connectivity index (χ0) is 21.1. The molecule has 2 N–H and O–H groups in total. The molecule has 0 aliphatic rings. The lowest BCUT2D eigenvalue weighted by atomic mass is 10.2. The smallest absolute Gasteiger partial charge is 0.418 e. The molecule has 2 rings (SSSR count). The molecule has 0 aliphatic heterocycles. The van der Waals surface area contributed by atoms with Gasteiger partial charge in [0, 0.05) is 12.2 Å². The van der Waals surface area contributed by atoms with Crippen LogP contribution in [0.3, 0.4) is 0 Å². The van der Waals surface area contributed by atoms with Crippen molar-refractivity contribution in [2.75, 3.05) is 23.7 Å². The van der Waals surface area contributed by atoms with Crippen molar-refractivity contribution in [1.82, 2.24) is 0 Å². The molecule has 6 nitrogen and oxygen atoms in total. The molecule has 10 heteroatoms. The first-order valence-corrected chi connectivity index (χ1v) is 9.47. The number of benzene rings is 2. The molecule has 0 amide bonds. The molecule has 0 saturated carbocycles. The molecule has 0 spiro atoms. The first-order chi connectivity index (χ1) is 13.0. The molecule has 150 valence electrons. The van der Waals surface area contributed by atoms with Gasteiger partial charge >= 0.3 is 6.18 Å². The predicted molar refractivity (Wildman–Crippen MR) is 98.3 cm³/mol. The van der Waals surface area contributed by atoms with Gasteiger partial charge < -0.3 is 10.5 Å². The van der Waals surface area contributed by atoms with Gasteiger partial charge in [0.1, 0.15) is 5.75 Å². The van der Waals surface area contributed by atoms with Crippen LogP contribution in [0, 0.1) is 18.3 Å². The summed E-state index contributed by atoms with van der Waals surface area (Å²) in [6, 6.07) is 9.00. The fourth-order valence-corrected chi connectivity index (χ4v) is 4.08. The maximum atomic E-state index is 13.2. The Labute approximate surface area is 161 Å². The van der Waals surface area contributed by atoms with Crippen LogP contribution in [0.15, 0.2) is 41.3 Å². The highest BCUT2D eigenvalue weighted by atomic mass is 32.2. The number of sulfonamides is 1. The van der Waals surface area contributed by atoms with Crippen LogP contribution in [0.2, 0.25) is 0 Å². The maximum Gasteiger partial charge on any atom is 0.418 e. The monoisotopic (exact) mass is 413 g/mol. The van der Waals surface area contributed by atoms with Crippen molar-refractivity contribution in [3.63, 3.8) is 0 Å². The summed E-state index contributed by atoms with van der Waals surface area (Å²) in [6.45, 7) is 1.47. The van der Waals surface area contributed by atoms with Crippen LogP contribution in [0.5, 0.6) is 5.75 Å². The Balaban J connectivity index is 2.68. The van der Waals surface area contributed by atoms with Crippen molar-refractivity contribution in [2.45, 2.75) is 24.4 Å². The molecule has 0 aliphatic carbocycles. The molecule has 0 unspecified atom stereocenters. The molecule has 2 aromatic rings. The number of hydrogen-bond acceptors (Lipinski definition) is 5. The van der Waals surface area contributed by atoms with Crippen LogP contribution in [-0.4, -0.2) is 22.1 Å². The highest BCUT2D eigenvalue weighted by Gasteiger charge is 2.35. The Kier molecular flexibility index (Phi) is 6.09. The number of alkyl halides is 3. The SMILES string of the molecule is COc1ccc(C)cc1N(CCC#N)S(=O)(=O)c1ccc(N)c(C(F)(F)F)c1. The minimum atomic E-state index is -4.81. The number of hydrogen-bond donors (Lipinski definition) is 1. The Bertz CT molecular complexity index is 1010. The normalized spacial score (nSPS) is 11.7. The number of nitrogens with zero attached hydrogens (tertiary/aromatic N) is 2. The lowest BCUT2D eigenvalue weighted by Gasteiger charge is -2.26. The van der Waals surface area contributed by atoms with Gasteiger partial charge in [0.15, 0.2) is 0 Å². The van der Waals surface area contributed by atoms with E-state index in [1.165, 1.54) is 13.2 Å². The summed E-state index contributed by atoms with van der Waals surface area (Å²) < 4.78 is 71.9. The zero-order valence-electron chi connectivity index (χ0n) is 15.1. The lowest BCUT2D eigenvalue weighted by molar-refractivity contribution is -0.137. The molecule has 28 heavy (non-hydrogen) atoms. The van der Waals surface area contributed by atoms with Crippen molar-refractivity contribution in [2.24, 2.45) is 0 Å². The summed E-state index contributed by atoms with van der Waals surface area (Å²) >= 11 is 0. The van der Waals surface area contributed by atoms with Crippen LogP contribution in [0.25, 0.3) is 0 Å². The molecule has 0 heterocycles. The van der Waals surface area contributed by atoms with Gasteiger partial charge in [-0.25, -0.2) is 8.42 Å². The zero-order valence-corrected chi connectivity index (χ0v) is 15.9. The van der Waals surface area contributed by atoms with E-state index in [-0.39, 0.29) is 24.4 Å². The summed E-state index contributed by atoms with van der Waals surface area (Å²) in [5, 5.41) is 8.90. The molecule has 0 atom stereocenters. The third-order valence-electron chi connectivity index (χ3n) is 3.95. The molecule has 0 bridgehead atoms. The molecular weight excluding hydrogens is 395 g/mol. The van der Waals surface area contributed by atoms with E-state index in [2.05, 4.69) is 0 Å². The van der Waals surface area contributed by atoms with Gasteiger partial charge in [0.2, 0.25) is 0 Å². The third-order valence-corrected chi connectivity index (χ3v) is 5.76. The maximum absolute atomic E-state index is 13.2. The number of ether oxygens (including phenoxy) is 1. The van der Waals surface area contributed by atoms with E-state index in [1.54, 1.807) is 19.1 Å². The van der Waals surface area contributed by atoms with Crippen LogP contribution in [0.4, 0.5) is 24.5 Å². The quantitative estimate of drug-likeness (QED) is 0.728. The standard InChI is InChI=1S/C18H18F3N3O3S/c1-12-4-7-17(27-2)16(10-12)24(9-3-8-22)28(25,26)13-5-6-15(23)14(11-13)18(19,20)21/h4-7,10-11H,3,9,23H2,1-2H3. The number of aryl methyl sites for hydroxylation is 1. The average molecular weight is 413 g/mol. The lowest BCUT2D eigenvalue weighted by Crippen LogP contribution is -2.32. The van der Waals surface area contributed by atoms with E-state index in [1.807, 2.05) is 6.07 Å². The molecule has 0 aromatic heterocycles. The topological polar surface area (TPSA) is 96.4 Å². The summed E-state index contributed by atoms with van der Waals surface area (Å²) in [5.41, 5.74) is 4.37. The van der Waals surface area contributed by atoms with Crippen molar-refractivity contribution in [1.29, 1.82) is 5.26 Å². The number of methoxy groups -OCH3 is 1. The van der Waals surface area contributed by atoms with Crippen LogP contribution < -0.4 is 14.8 Å². The molecule has 2 aromatic carbocycles. The number of anilines is 2. The fourth-order valence-electron chi connectivity index (χ4n) is 2.59. The highest BCUT2D eigenvalue weighted by molar-refractivity contribution is 7.92. The van der Waals surface area contributed by atoms with Crippen molar-refractivity contribution in [3.8, 4) is 11.8 Å². The third kappa shape index (κ3) is 4.31. The van der Waals surface area contributed by atoms with E-state index in [0.717, 1.165) is 16.4 Å². The number of nitrogen functional groups attached to an aromatic ring is 1. The number of nitriles is 1. The largest absolute Gasteiger partial charge is 0.495 e. The minimum absolute atomic E-state index is 0.128. The fraction of sp³-hybridized carbons (Fsp3) is 0.278. The second-order valence-electron chi connectivity index (χ2n) is 5.91. The van der Waals surface area contributed by atoms with Crippen LogP contribution >= 0.6 is 0 Å². The Morgan fingerprint density at radius 2 is 1.89 bits per heavy atom. The van der Waals surface area contributed by atoms with E-state index in [4.69, 9.17) is 15.7 Å². The van der Waals surface area contributed by atoms with Crippen LogP contribution in [-0.2, 0) is 16.2 Å². The van der Waals surface area contributed by atoms with Gasteiger partial charge in [-0.3, -0.25) is 4.31 Å². The second kappa shape index (κ2) is 7.98. The number of rotatable bonds is 6. The number of nitrogens with two attached hydrogens (primary N) is 1. The van der Waals surface area contributed by atoms with Gasteiger partial charge in [0.25, 0.3) is 10.0 Å². The Morgan fingerprint density at radius 1 is 1.21 bits per heavy atom. The van der Waals surface area contributed by atoms with E-state index < -0.39 is 32.3 Å². The first kappa shape index (κ1) is 21.4. The van der Waals surface area contributed by atoms with Gasteiger partial charge in [-0.05, 0) is 42.8 Å². The Morgan fingerprint density at radius 3 is 2.46 bits per heavy atom. The summed E-state index contributed by atoms with van der Waals surface area (Å²) in [5.74, 6) is 0.207. The average Bonchev–Trinajstić information content (AvgIpc) is 2.61. The predicted octanol–water partition coefficient (Wildman–Crippen LogP) is 3.71. The van der Waals surface area contributed by atoms with Crippen molar-refractivity contribution in [3.05, 3.63) is 47.5 Å².